The Morgan fingerprint density at radius 3 is 2.57 bits per heavy atom. The van der Waals surface area contributed by atoms with E-state index in [1.165, 1.54) is 12.8 Å². The second kappa shape index (κ2) is 9.86. The van der Waals surface area contributed by atoms with Gasteiger partial charge in [0, 0.05) is 35.7 Å². The summed E-state index contributed by atoms with van der Waals surface area (Å²) in [5.74, 6) is -0.293. The van der Waals surface area contributed by atoms with Gasteiger partial charge in [-0.3, -0.25) is 19.6 Å². The van der Waals surface area contributed by atoms with Gasteiger partial charge in [-0.1, -0.05) is 18.9 Å². The Hall–Kier alpha value is -2.71. The summed E-state index contributed by atoms with van der Waals surface area (Å²) in [6.07, 6.45) is 6.45. The summed E-state index contributed by atoms with van der Waals surface area (Å²) in [6.45, 7) is 3.17. The Labute approximate surface area is 176 Å². The van der Waals surface area contributed by atoms with Gasteiger partial charge in [0.15, 0.2) is 5.69 Å². The summed E-state index contributed by atoms with van der Waals surface area (Å²) in [7, 11) is 0. The van der Waals surface area contributed by atoms with Crippen molar-refractivity contribution < 1.29 is 14.3 Å². The van der Waals surface area contributed by atoms with Crippen LogP contribution in [0.25, 0.3) is 0 Å². The van der Waals surface area contributed by atoms with Crippen molar-refractivity contribution in [2.24, 2.45) is 0 Å². The maximum absolute atomic E-state index is 12.8. The first-order valence-corrected chi connectivity index (χ1v) is 10.8. The highest BCUT2D eigenvalue weighted by Crippen LogP contribution is 2.23. The molecule has 160 valence electrons. The molecule has 1 aliphatic carbocycles. The number of benzene rings is 1. The molecule has 1 aliphatic heterocycles. The van der Waals surface area contributed by atoms with Crippen LogP contribution in [0.4, 0.5) is 11.4 Å². The molecule has 0 unspecified atom stereocenters. The van der Waals surface area contributed by atoms with Crippen molar-refractivity contribution in [2.75, 3.05) is 43.5 Å². The average molecular weight is 412 g/mol. The fourth-order valence-electron chi connectivity index (χ4n) is 4.05. The Morgan fingerprint density at radius 1 is 1.03 bits per heavy atom. The van der Waals surface area contributed by atoms with E-state index < -0.39 is 0 Å². The van der Waals surface area contributed by atoms with Crippen molar-refractivity contribution in [1.29, 1.82) is 0 Å². The Balaban J connectivity index is 1.38. The fourth-order valence-corrected chi connectivity index (χ4v) is 4.05. The van der Waals surface area contributed by atoms with Crippen molar-refractivity contribution >= 4 is 23.2 Å². The number of anilines is 2. The molecule has 30 heavy (non-hydrogen) atoms. The second-order valence-corrected chi connectivity index (χ2v) is 7.92. The van der Waals surface area contributed by atoms with Gasteiger partial charge in [0.2, 0.25) is 5.91 Å². The standard InChI is InChI=1S/C22H29N5O3/c28-20(15-27-10-12-30-13-11-27)23-16-6-5-7-17(14-16)24-22(29)21-18-8-3-1-2-4-9-19(18)25-26-21/h5-7,14H,1-4,8-13,15H2,(H,23,28)(H,24,29)(H,25,26). The zero-order chi connectivity index (χ0) is 20.8. The maximum atomic E-state index is 12.8. The Morgan fingerprint density at radius 2 is 1.77 bits per heavy atom. The van der Waals surface area contributed by atoms with Crippen LogP contribution < -0.4 is 10.6 Å². The van der Waals surface area contributed by atoms with Crippen LogP contribution in [0.1, 0.15) is 47.4 Å². The summed E-state index contributed by atoms with van der Waals surface area (Å²) in [6, 6.07) is 7.21. The van der Waals surface area contributed by atoms with Gasteiger partial charge in [0.1, 0.15) is 0 Å². The maximum Gasteiger partial charge on any atom is 0.276 e. The molecule has 8 nitrogen and oxygen atoms in total. The molecule has 3 N–H and O–H groups in total. The fraction of sp³-hybridized carbons (Fsp3) is 0.500. The molecular weight excluding hydrogens is 382 g/mol. The molecule has 2 amide bonds. The van der Waals surface area contributed by atoms with Crippen LogP contribution in [0.5, 0.6) is 0 Å². The van der Waals surface area contributed by atoms with E-state index in [-0.39, 0.29) is 11.8 Å². The van der Waals surface area contributed by atoms with Crippen molar-refractivity contribution in [3.8, 4) is 0 Å². The number of carbonyl (C=O) groups excluding carboxylic acids is 2. The van der Waals surface area contributed by atoms with Crippen molar-refractivity contribution in [2.45, 2.75) is 38.5 Å². The quantitative estimate of drug-likeness (QED) is 0.702. The highest BCUT2D eigenvalue weighted by atomic mass is 16.5. The van der Waals surface area contributed by atoms with Crippen molar-refractivity contribution in [3.63, 3.8) is 0 Å². The van der Waals surface area contributed by atoms with Gasteiger partial charge in [0.25, 0.3) is 5.91 Å². The number of H-pyrrole nitrogens is 1. The lowest BCUT2D eigenvalue weighted by Gasteiger charge is -2.25. The number of nitrogens with zero attached hydrogens (tertiary/aromatic N) is 2. The Kier molecular flexibility index (Phi) is 6.76. The lowest BCUT2D eigenvalue weighted by atomic mass is 9.97. The van der Waals surface area contributed by atoms with Crippen molar-refractivity contribution in [3.05, 3.63) is 41.2 Å². The molecule has 2 aromatic rings. The number of aromatic amines is 1. The number of nitrogens with one attached hydrogen (secondary N) is 3. The van der Waals surface area contributed by atoms with Gasteiger partial charge in [-0.2, -0.15) is 5.10 Å². The largest absolute Gasteiger partial charge is 0.379 e. The van der Waals surface area contributed by atoms with Crippen LogP contribution in [0, 0.1) is 0 Å². The summed E-state index contributed by atoms with van der Waals surface area (Å²) < 4.78 is 5.31. The van der Waals surface area contributed by atoms with E-state index in [4.69, 9.17) is 4.74 Å². The third-order valence-electron chi connectivity index (χ3n) is 5.65. The third-order valence-corrected chi connectivity index (χ3v) is 5.65. The molecule has 4 rings (SSSR count). The van der Waals surface area contributed by atoms with Crippen LogP contribution in [0.3, 0.4) is 0 Å². The summed E-state index contributed by atoms with van der Waals surface area (Å²) in [5, 5.41) is 13.2. The first kappa shape index (κ1) is 20.6. The first-order chi connectivity index (χ1) is 14.7. The molecule has 2 aliphatic rings. The van der Waals surface area contributed by atoms with E-state index in [0.717, 1.165) is 50.0 Å². The van der Waals surface area contributed by atoms with Gasteiger partial charge in [-0.25, -0.2) is 0 Å². The average Bonchev–Trinajstić information content (AvgIpc) is 3.10. The molecule has 1 fully saturated rings. The predicted molar refractivity (Wildman–Crippen MR) is 115 cm³/mol. The number of morpholine rings is 1. The Bertz CT molecular complexity index is 889. The SMILES string of the molecule is O=C(CN1CCOCC1)Nc1cccc(NC(=O)c2n[nH]c3c2CCCCCC3)c1. The summed E-state index contributed by atoms with van der Waals surface area (Å²) in [4.78, 5) is 27.2. The molecule has 1 saturated heterocycles. The van der Waals surface area contributed by atoms with Gasteiger partial charge in [0.05, 0.1) is 19.8 Å². The smallest absolute Gasteiger partial charge is 0.276 e. The third kappa shape index (κ3) is 5.25. The van der Waals surface area contributed by atoms with Gasteiger partial charge in [-0.05, 0) is 43.9 Å². The molecule has 0 saturated carbocycles. The summed E-state index contributed by atoms with van der Waals surface area (Å²) >= 11 is 0. The lowest BCUT2D eigenvalue weighted by Crippen LogP contribution is -2.41. The molecular formula is C22H29N5O3. The number of aromatic nitrogens is 2. The van der Waals surface area contributed by atoms with E-state index in [1.54, 1.807) is 6.07 Å². The van der Waals surface area contributed by atoms with E-state index in [0.29, 0.717) is 36.8 Å². The molecule has 8 heteroatoms. The van der Waals surface area contributed by atoms with Crippen LogP contribution in [0.15, 0.2) is 24.3 Å². The monoisotopic (exact) mass is 411 g/mol. The normalized spacial score (nSPS) is 17.5. The van der Waals surface area contributed by atoms with E-state index in [2.05, 4.69) is 25.7 Å². The first-order valence-electron chi connectivity index (χ1n) is 10.8. The lowest BCUT2D eigenvalue weighted by molar-refractivity contribution is -0.118. The van der Waals surface area contributed by atoms with Crippen molar-refractivity contribution in [1.82, 2.24) is 15.1 Å². The number of fused-ring (bicyclic) bond motifs is 1. The molecule has 0 bridgehead atoms. The van der Waals surface area contributed by atoms with E-state index in [1.807, 2.05) is 18.2 Å². The van der Waals surface area contributed by atoms with Gasteiger partial charge < -0.3 is 15.4 Å². The van der Waals surface area contributed by atoms with Gasteiger partial charge >= 0.3 is 0 Å². The number of aryl methyl sites for hydroxylation is 1. The number of carbonyl (C=O) groups is 2. The van der Waals surface area contributed by atoms with E-state index >= 15 is 0 Å². The molecule has 1 aromatic carbocycles. The number of ether oxygens (including phenoxy) is 1. The number of hydrogen-bond donors (Lipinski definition) is 3. The van der Waals surface area contributed by atoms with Crippen LogP contribution in [-0.2, 0) is 22.4 Å². The second-order valence-electron chi connectivity index (χ2n) is 7.92. The minimum atomic E-state index is -0.218. The minimum Gasteiger partial charge on any atom is -0.379 e. The number of amides is 2. The van der Waals surface area contributed by atoms with E-state index in [9.17, 15) is 9.59 Å². The molecule has 0 spiro atoms. The zero-order valence-corrected chi connectivity index (χ0v) is 17.2. The molecule has 2 heterocycles. The molecule has 0 radical (unpaired) electrons. The number of rotatable bonds is 5. The van der Waals surface area contributed by atoms with Crippen LogP contribution >= 0.6 is 0 Å². The minimum absolute atomic E-state index is 0.0749. The topological polar surface area (TPSA) is 99.3 Å². The molecule has 1 aromatic heterocycles. The molecule has 0 atom stereocenters. The van der Waals surface area contributed by atoms with Crippen LogP contribution in [-0.4, -0.2) is 59.8 Å². The summed E-state index contributed by atoms with van der Waals surface area (Å²) in [5.41, 5.74) is 3.90. The highest BCUT2D eigenvalue weighted by molar-refractivity contribution is 6.04. The zero-order valence-electron chi connectivity index (χ0n) is 17.2. The number of hydrogen-bond acceptors (Lipinski definition) is 5. The van der Waals surface area contributed by atoms with Gasteiger partial charge in [-0.15, -0.1) is 0 Å². The van der Waals surface area contributed by atoms with Crippen LogP contribution in [0.2, 0.25) is 0 Å². The highest BCUT2D eigenvalue weighted by Gasteiger charge is 2.20. The predicted octanol–water partition coefficient (Wildman–Crippen LogP) is 2.59.